The van der Waals surface area contributed by atoms with Gasteiger partial charge >= 0.3 is 6.55 Å². The van der Waals surface area contributed by atoms with Gasteiger partial charge in [0.25, 0.3) is 11.8 Å². The van der Waals surface area contributed by atoms with Crippen molar-refractivity contribution in [1.29, 1.82) is 5.26 Å². The Morgan fingerprint density at radius 2 is 1.95 bits per heavy atom. The van der Waals surface area contributed by atoms with Gasteiger partial charge in [-0.15, -0.1) is 0 Å². The van der Waals surface area contributed by atoms with E-state index < -0.39 is 24.5 Å². The molecule has 2 heterocycles. The number of nitrogens with one attached hydrogen (secondary N) is 2. The molecule has 4 rings (SSSR count). The predicted octanol–water partition coefficient (Wildman–Crippen LogP) is 3.85. The molecule has 0 radical (unpaired) electrons. The van der Waals surface area contributed by atoms with Crippen molar-refractivity contribution in [1.82, 2.24) is 20.2 Å². The van der Waals surface area contributed by atoms with Crippen LogP contribution in [0.3, 0.4) is 0 Å². The number of nitriles is 1. The van der Waals surface area contributed by atoms with Crippen molar-refractivity contribution < 1.29 is 18.4 Å². The Kier molecular flexibility index (Phi) is 8.73. The first-order valence-electron chi connectivity index (χ1n) is 12.8. The average Bonchev–Trinajstić information content (AvgIpc) is 3.80. The molecule has 1 aromatic heterocycles. The third kappa shape index (κ3) is 6.43. The minimum atomic E-state index is -2.87. The number of anilines is 2. The van der Waals surface area contributed by atoms with Gasteiger partial charge in [-0.05, 0) is 55.4 Å². The fraction of sp³-hybridized carbons (Fsp3) is 0.321. The van der Waals surface area contributed by atoms with Crippen LogP contribution >= 0.6 is 0 Å². The maximum Gasteiger partial charge on any atom is 0.318 e. The van der Waals surface area contributed by atoms with E-state index in [1.165, 1.54) is 30.7 Å². The monoisotopic (exact) mass is 548 g/mol. The first-order chi connectivity index (χ1) is 19.2. The number of hydrogen-bond acceptors (Lipinski definition) is 8. The van der Waals surface area contributed by atoms with Crippen LogP contribution in [0, 0.1) is 11.3 Å². The number of allylic oxidation sites excluding steroid dienone is 1. The van der Waals surface area contributed by atoms with Gasteiger partial charge in [-0.25, -0.2) is 9.97 Å². The third-order valence-corrected chi connectivity index (χ3v) is 6.80. The zero-order chi connectivity index (χ0) is 28.8. The van der Waals surface area contributed by atoms with Gasteiger partial charge in [-0.2, -0.15) is 14.0 Å². The minimum absolute atomic E-state index is 0.0717. The van der Waals surface area contributed by atoms with Gasteiger partial charge in [-0.3, -0.25) is 14.5 Å². The number of benzene rings is 1. The lowest BCUT2D eigenvalue weighted by Gasteiger charge is -2.38. The van der Waals surface area contributed by atoms with E-state index in [1.807, 2.05) is 12.1 Å². The average molecular weight is 549 g/mol. The molecule has 2 aliphatic rings. The molecule has 1 saturated heterocycles. The summed E-state index contributed by atoms with van der Waals surface area (Å²) in [7, 11) is 0. The number of alkyl halides is 2. The van der Waals surface area contributed by atoms with E-state index >= 15 is 0 Å². The number of amides is 2. The van der Waals surface area contributed by atoms with Crippen LogP contribution < -0.4 is 21.3 Å². The number of piperidine rings is 1. The van der Waals surface area contributed by atoms with Crippen molar-refractivity contribution in [2.24, 2.45) is 5.73 Å². The van der Waals surface area contributed by atoms with Crippen molar-refractivity contribution in [3.05, 3.63) is 84.6 Å². The van der Waals surface area contributed by atoms with E-state index in [0.717, 1.165) is 12.4 Å². The third-order valence-electron chi connectivity index (χ3n) is 6.80. The molecule has 4 N–H and O–H groups in total. The molecule has 0 spiro atoms. The second-order valence-electron chi connectivity index (χ2n) is 9.50. The van der Waals surface area contributed by atoms with Crippen LogP contribution in [0.15, 0.2) is 67.8 Å². The van der Waals surface area contributed by atoms with Crippen molar-refractivity contribution in [2.75, 3.05) is 16.8 Å². The normalized spacial score (nSPS) is 18.9. The SMILES string of the molecule is C=C/C(=C\N(C=C)C(F)F)Nc1nc(N2CCC[C@@H](NC(=O)c3ccc(C4CC4)cc3)[C@H]2C#N)cnc1C(N)=O. The zero-order valence-corrected chi connectivity index (χ0v) is 21.8. The number of hydrogen-bond donors (Lipinski definition) is 3. The first-order valence-corrected chi connectivity index (χ1v) is 12.8. The standard InChI is InChI=1S/C28H30F2N8O2/c1-3-20(16-37(4-2)28(29)30)34-26-24(25(32)39)33-15-23(36-26)38-13-5-6-21(22(38)14-31)35-27(40)19-11-9-18(10-12-19)17-7-8-17/h3-4,9-12,15-17,21-22,28H,1-2,5-8,13H2,(H2,32,39)(H,34,36)(H,35,40)/b20-16+/t21-,22-/m1/s1. The Labute approximate surface area is 230 Å². The molecule has 10 nitrogen and oxygen atoms in total. The highest BCUT2D eigenvalue weighted by Gasteiger charge is 2.34. The van der Waals surface area contributed by atoms with Gasteiger partial charge in [0.15, 0.2) is 17.3 Å². The molecule has 2 atom stereocenters. The van der Waals surface area contributed by atoms with Crippen LogP contribution in [-0.4, -0.2) is 51.9 Å². The van der Waals surface area contributed by atoms with Gasteiger partial charge in [0.2, 0.25) is 0 Å². The Morgan fingerprint density at radius 1 is 1.23 bits per heavy atom. The summed E-state index contributed by atoms with van der Waals surface area (Å²) < 4.78 is 26.4. The molecule has 1 aliphatic carbocycles. The van der Waals surface area contributed by atoms with E-state index in [9.17, 15) is 23.6 Å². The molecule has 208 valence electrons. The summed E-state index contributed by atoms with van der Waals surface area (Å²) in [6, 6.07) is 8.49. The number of nitrogens with two attached hydrogens (primary N) is 1. The summed E-state index contributed by atoms with van der Waals surface area (Å²) >= 11 is 0. The van der Waals surface area contributed by atoms with E-state index in [4.69, 9.17) is 5.73 Å². The van der Waals surface area contributed by atoms with Gasteiger partial charge in [-0.1, -0.05) is 25.3 Å². The highest BCUT2D eigenvalue weighted by Crippen LogP contribution is 2.39. The van der Waals surface area contributed by atoms with Crippen LogP contribution in [0.4, 0.5) is 20.4 Å². The summed E-state index contributed by atoms with van der Waals surface area (Å²) in [4.78, 5) is 35.8. The van der Waals surface area contributed by atoms with Crippen molar-refractivity contribution in [2.45, 2.75) is 50.2 Å². The number of carbonyl (C=O) groups excluding carboxylic acids is 2. The molecule has 0 unspecified atom stereocenters. The van der Waals surface area contributed by atoms with Gasteiger partial charge in [0, 0.05) is 24.5 Å². The Bertz CT molecular complexity index is 1350. The molecule has 1 saturated carbocycles. The van der Waals surface area contributed by atoms with Crippen molar-refractivity contribution in [3.63, 3.8) is 0 Å². The maximum atomic E-state index is 13.2. The Balaban J connectivity index is 1.56. The number of nitrogens with zero attached hydrogens (tertiary/aromatic N) is 5. The molecule has 12 heteroatoms. The quantitative estimate of drug-likeness (QED) is 0.284. The molecular formula is C28H30F2N8O2. The lowest BCUT2D eigenvalue weighted by atomic mass is 9.96. The first kappa shape index (κ1) is 28.2. The summed E-state index contributed by atoms with van der Waals surface area (Å²) in [5.41, 5.74) is 7.03. The van der Waals surface area contributed by atoms with Crippen molar-refractivity contribution in [3.8, 4) is 6.07 Å². The summed E-state index contributed by atoms with van der Waals surface area (Å²) in [5.74, 6) is -0.458. The second-order valence-corrected chi connectivity index (χ2v) is 9.50. The fourth-order valence-electron chi connectivity index (χ4n) is 4.55. The Morgan fingerprint density at radius 3 is 2.52 bits per heavy atom. The summed E-state index contributed by atoms with van der Waals surface area (Å²) in [5, 5.41) is 15.8. The molecular weight excluding hydrogens is 518 g/mol. The van der Waals surface area contributed by atoms with Crippen molar-refractivity contribution >= 4 is 23.5 Å². The van der Waals surface area contributed by atoms with Gasteiger partial charge < -0.3 is 21.3 Å². The second kappa shape index (κ2) is 12.4. The molecule has 2 fully saturated rings. The Hall–Kier alpha value is -4.79. The summed E-state index contributed by atoms with van der Waals surface area (Å²) in [6.07, 6.45) is 8.07. The van der Waals surface area contributed by atoms with Crippen LogP contribution in [0.5, 0.6) is 0 Å². The van der Waals surface area contributed by atoms with E-state index in [1.54, 1.807) is 17.0 Å². The van der Waals surface area contributed by atoms with Crippen LogP contribution in [0.2, 0.25) is 0 Å². The maximum absolute atomic E-state index is 13.2. The number of carbonyl (C=O) groups is 2. The van der Waals surface area contributed by atoms with E-state index in [-0.39, 0.29) is 28.9 Å². The van der Waals surface area contributed by atoms with Gasteiger partial charge in [0.1, 0.15) is 6.04 Å². The number of primary amides is 1. The van der Waals surface area contributed by atoms with E-state index in [2.05, 4.69) is 39.8 Å². The predicted molar refractivity (Wildman–Crippen MR) is 146 cm³/mol. The molecule has 1 aromatic carbocycles. The molecule has 2 aromatic rings. The van der Waals surface area contributed by atoms with Gasteiger partial charge in [0.05, 0.1) is 24.0 Å². The largest absolute Gasteiger partial charge is 0.364 e. The number of rotatable bonds is 11. The smallest absolute Gasteiger partial charge is 0.318 e. The van der Waals surface area contributed by atoms with Crippen LogP contribution in [0.25, 0.3) is 0 Å². The topological polar surface area (TPSA) is 140 Å². The molecule has 40 heavy (non-hydrogen) atoms. The van der Waals surface area contributed by atoms with E-state index in [0.29, 0.717) is 35.8 Å². The lowest BCUT2D eigenvalue weighted by molar-refractivity contribution is 0.0360. The van der Waals surface area contributed by atoms with Crippen LogP contribution in [0.1, 0.15) is 58.0 Å². The zero-order valence-electron chi connectivity index (χ0n) is 21.8. The number of aromatic nitrogens is 2. The lowest BCUT2D eigenvalue weighted by Crippen LogP contribution is -2.55. The fourth-order valence-corrected chi connectivity index (χ4v) is 4.55. The molecule has 2 amide bonds. The highest BCUT2D eigenvalue weighted by atomic mass is 19.3. The van der Waals surface area contributed by atoms with Crippen LogP contribution in [-0.2, 0) is 0 Å². The number of halogens is 2. The minimum Gasteiger partial charge on any atom is -0.364 e. The molecule has 1 aliphatic heterocycles. The highest BCUT2D eigenvalue weighted by molar-refractivity contribution is 5.96. The summed E-state index contributed by atoms with van der Waals surface area (Å²) in [6.45, 7) is 4.52. The molecule has 0 bridgehead atoms.